The van der Waals surface area contributed by atoms with Crippen LogP contribution in [-0.2, 0) is 4.79 Å². The Bertz CT molecular complexity index is 439. The molecule has 0 unspecified atom stereocenters. The van der Waals surface area contributed by atoms with Gasteiger partial charge in [0, 0.05) is 17.2 Å². The molecule has 1 aliphatic carbocycles. The van der Waals surface area contributed by atoms with Gasteiger partial charge in [0.25, 0.3) is 0 Å². The average Bonchev–Trinajstić information content (AvgIpc) is 2.72. The van der Waals surface area contributed by atoms with Crippen molar-refractivity contribution in [2.75, 3.05) is 5.32 Å². The highest BCUT2D eigenvalue weighted by molar-refractivity contribution is 5.95. The van der Waals surface area contributed by atoms with Crippen LogP contribution in [0.1, 0.15) is 32.6 Å². The van der Waals surface area contributed by atoms with Crippen molar-refractivity contribution in [2.45, 2.75) is 32.6 Å². The van der Waals surface area contributed by atoms with Crippen LogP contribution >= 0.6 is 0 Å². The van der Waals surface area contributed by atoms with Gasteiger partial charge in [-0.3, -0.25) is 4.79 Å². The lowest BCUT2D eigenvalue weighted by molar-refractivity contribution is -0.124. The molecule has 4 heteroatoms. The number of aromatic hydroxyl groups is 1. The molecule has 0 aromatic heterocycles. The third-order valence-electron chi connectivity index (χ3n) is 3.46. The molecule has 1 aromatic carbocycles. The number of phenols is 1. The minimum atomic E-state index is -0.723. The number of hydrogen-bond acceptors (Lipinski definition) is 2. The third kappa shape index (κ3) is 2.40. The summed E-state index contributed by atoms with van der Waals surface area (Å²) in [6, 6.07) is 3.86. The highest BCUT2D eigenvalue weighted by Crippen LogP contribution is 2.38. The summed E-state index contributed by atoms with van der Waals surface area (Å²) >= 11 is 0. The third-order valence-corrected chi connectivity index (χ3v) is 3.46. The summed E-state index contributed by atoms with van der Waals surface area (Å²) < 4.78 is 13.1. The number of rotatable bonds is 2. The van der Waals surface area contributed by atoms with E-state index in [0.29, 0.717) is 5.69 Å². The van der Waals surface area contributed by atoms with Crippen LogP contribution in [0.15, 0.2) is 18.2 Å². The SMILES string of the molecule is CC1(C(=O)Nc2ccc(O)c(F)c2)CCCC1. The second kappa shape index (κ2) is 4.35. The highest BCUT2D eigenvalue weighted by Gasteiger charge is 2.36. The summed E-state index contributed by atoms with van der Waals surface area (Å²) in [7, 11) is 0. The molecule has 1 fully saturated rings. The average molecular weight is 237 g/mol. The Balaban J connectivity index is 2.10. The summed E-state index contributed by atoms with van der Waals surface area (Å²) in [5.74, 6) is -1.20. The van der Waals surface area contributed by atoms with E-state index < -0.39 is 11.6 Å². The quantitative estimate of drug-likeness (QED) is 0.777. The smallest absolute Gasteiger partial charge is 0.230 e. The van der Waals surface area contributed by atoms with E-state index in [9.17, 15) is 9.18 Å². The topological polar surface area (TPSA) is 49.3 Å². The lowest BCUT2D eigenvalue weighted by Gasteiger charge is -2.22. The van der Waals surface area contributed by atoms with Crippen LogP contribution in [0.3, 0.4) is 0 Å². The normalized spacial score (nSPS) is 18.0. The molecule has 1 saturated carbocycles. The molecule has 2 N–H and O–H groups in total. The predicted molar refractivity (Wildman–Crippen MR) is 63.3 cm³/mol. The summed E-state index contributed by atoms with van der Waals surface area (Å²) in [5, 5.41) is 11.8. The van der Waals surface area contributed by atoms with Gasteiger partial charge >= 0.3 is 0 Å². The maximum atomic E-state index is 13.1. The molecule has 0 bridgehead atoms. The Kier molecular flexibility index (Phi) is 3.05. The molecule has 1 aromatic rings. The van der Waals surface area contributed by atoms with Crippen molar-refractivity contribution in [2.24, 2.45) is 5.41 Å². The second-order valence-electron chi connectivity index (χ2n) is 4.89. The minimum Gasteiger partial charge on any atom is -0.505 e. The first-order chi connectivity index (χ1) is 8.01. The maximum Gasteiger partial charge on any atom is 0.230 e. The Labute approximate surface area is 99.7 Å². The summed E-state index contributed by atoms with van der Waals surface area (Å²) in [6.07, 6.45) is 3.88. The molecule has 0 saturated heterocycles. The number of anilines is 1. The van der Waals surface area contributed by atoms with Gasteiger partial charge in [0.2, 0.25) is 5.91 Å². The van der Waals surface area contributed by atoms with Crippen LogP contribution < -0.4 is 5.32 Å². The highest BCUT2D eigenvalue weighted by atomic mass is 19.1. The van der Waals surface area contributed by atoms with Crippen LogP contribution in [0.4, 0.5) is 10.1 Å². The van der Waals surface area contributed by atoms with Gasteiger partial charge in [-0.1, -0.05) is 19.8 Å². The molecule has 0 radical (unpaired) electrons. The molecular weight excluding hydrogens is 221 g/mol. The van der Waals surface area contributed by atoms with Crippen molar-refractivity contribution in [1.82, 2.24) is 0 Å². The van der Waals surface area contributed by atoms with E-state index in [0.717, 1.165) is 31.7 Å². The number of phenolic OH excluding ortho intramolecular Hbond substituents is 1. The fraction of sp³-hybridized carbons (Fsp3) is 0.462. The predicted octanol–water partition coefficient (Wildman–Crippen LogP) is 3.05. The summed E-state index contributed by atoms with van der Waals surface area (Å²) in [6.45, 7) is 1.94. The largest absolute Gasteiger partial charge is 0.505 e. The van der Waals surface area contributed by atoms with Gasteiger partial charge in [-0.05, 0) is 25.0 Å². The number of amides is 1. The Morgan fingerprint density at radius 3 is 2.65 bits per heavy atom. The van der Waals surface area contributed by atoms with Crippen molar-refractivity contribution in [3.8, 4) is 5.75 Å². The van der Waals surface area contributed by atoms with E-state index in [4.69, 9.17) is 5.11 Å². The summed E-state index contributed by atoms with van der Waals surface area (Å²) in [5.41, 5.74) is 0.0485. The zero-order chi connectivity index (χ0) is 12.5. The molecule has 1 aliphatic rings. The number of carbonyl (C=O) groups excluding carboxylic acids is 1. The zero-order valence-electron chi connectivity index (χ0n) is 9.79. The number of nitrogens with one attached hydrogen (secondary N) is 1. The Morgan fingerprint density at radius 1 is 1.41 bits per heavy atom. The van der Waals surface area contributed by atoms with E-state index in [2.05, 4.69) is 5.32 Å². The van der Waals surface area contributed by atoms with Gasteiger partial charge in [0.05, 0.1) is 0 Å². The minimum absolute atomic E-state index is 0.0694. The van der Waals surface area contributed by atoms with Crippen molar-refractivity contribution < 1.29 is 14.3 Å². The van der Waals surface area contributed by atoms with Crippen LogP contribution in [0.5, 0.6) is 5.75 Å². The fourth-order valence-corrected chi connectivity index (χ4v) is 2.25. The lowest BCUT2D eigenvalue weighted by Crippen LogP contribution is -2.30. The van der Waals surface area contributed by atoms with Gasteiger partial charge < -0.3 is 10.4 Å². The monoisotopic (exact) mass is 237 g/mol. The van der Waals surface area contributed by atoms with E-state index >= 15 is 0 Å². The molecule has 1 amide bonds. The first-order valence-electron chi connectivity index (χ1n) is 5.81. The van der Waals surface area contributed by atoms with E-state index in [-0.39, 0.29) is 11.3 Å². The van der Waals surface area contributed by atoms with Crippen LogP contribution in [0.25, 0.3) is 0 Å². The van der Waals surface area contributed by atoms with Crippen LogP contribution in [0, 0.1) is 11.2 Å². The summed E-state index contributed by atoms with van der Waals surface area (Å²) in [4.78, 5) is 12.0. The zero-order valence-corrected chi connectivity index (χ0v) is 9.79. The molecular formula is C13H16FNO2. The lowest BCUT2D eigenvalue weighted by atomic mass is 9.88. The van der Waals surface area contributed by atoms with Crippen LogP contribution in [0.2, 0.25) is 0 Å². The van der Waals surface area contributed by atoms with E-state index in [1.165, 1.54) is 12.1 Å². The fourth-order valence-electron chi connectivity index (χ4n) is 2.25. The van der Waals surface area contributed by atoms with Crippen molar-refractivity contribution >= 4 is 11.6 Å². The maximum absolute atomic E-state index is 13.1. The van der Waals surface area contributed by atoms with Crippen LogP contribution in [-0.4, -0.2) is 11.0 Å². The van der Waals surface area contributed by atoms with E-state index in [1.807, 2.05) is 6.92 Å². The van der Waals surface area contributed by atoms with Gasteiger partial charge in [-0.15, -0.1) is 0 Å². The molecule has 0 heterocycles. The van der Waals surface area contributed by atoms with Gasteiger partial charge in [-0.2, -0.15) is 0 Å². The Morgan fingerprint density at radius 2 is 2.06 bits per heavy atom. The molecule has 3 nitrogen and oxygen atoms in total. The van der Waals surface area contributed by atoms with Gasteiger partial charge in [0.1, 0.15) is 0 Å². The molecule has 2 rings (SSSR count). The molecule has 92 valence electrons. The van der Waals surface area contributed by atoms with Crippen molar-refractivity contribution in [1.29, 1.82) is 0 Å². The number of carbonyl (C=O) groups is 1. The molecule has 0 atom stereocenters. The van der Waals surface area contributed by atoms with E-state index in [1.54, 1.807) is 0 Å². The van der Waals surface area contributed by atoms with Gasteiger partial charge in [0.15, 0.2) is 11.6 Å². The number of hydrogen-bond donors (Lipinski definition) is 2. The second-order valence-corrected chi connectivity index (χ2v) is 4.89. The first-order valence-corrected chi connectivity index (χ1v) is 5.81. The van der Waals surface area contributed by atoms with Crippen molar-refractivity contribution in [3.05, 3.63) is 24.0 Å². The standard InChI is InChI=1S/C13H16FNO2/c1-13(6-2-3-7-13)12(17)15-9-4-5-11(16)10(14)8-9/h4-5,8,16H,2-3,6-7H2,1H3,(H,15,17). The number of halogens is 1. The first kappa shape index (κ1) is 11.9. The molecule has 0 spiro atoms. The van der Waals surface area contributed by atoms with Crippen molar-refractivity contribution in [3.63, 3.8) is 0 Å². The Hall–Kier alpha value is -1.58. The van der Waals surface area contributed by atoms with Gasteiger partial charge in [-0.25, -0.2) is 4.39 Å². The molecule has 0 aliphatic heterocycles. The number of benzene rings is 1. The molecule has 17 heavy (non-hydrogen) atoms.